The van der Waals surface area contributed by atoms with E-state index in [-0.39, 0.29) is 5.91 Å². The van der Waals surface area contributed by atoms with Gasteiger partial charge >= 0.3 is 0 Å². The third-order valence-electron chi connectivity index (χ3n) is 4.06. The van der Waals surface area contributed by atoms with Gasteiger partial charge in [0.15, 0.2) is 0 Å². The summed E-state index contributed by atoms with van der Waals surface area (Å²) in [6, 6.07) is 12.0. The number of benzene rings is 1. The smallest absolute Gasteiger partial charge is 0.264 e. The molecule has 4 nitrogen and oxygen atoms in total. The quantitative estimate of drug-likeness (QED) is 0.844. The summed E-state index contributed by atoms with van der Waals surface area (Å²) in [5, 5.41) is 1.95. The molecular weight excluding hydrogens is 308 g/mol. The van der Waals surface area contributed by atoms with Gasteiger partial charge in [0.05, 0.1) is 11.5 Å². The van der Waals surface area contributed by atoms with E-state index in [0.29, 0.717) is 6.61 Å². The molecule has 1 aromatic heterocycles. The lowest BCUT2D eigenvalue weighted by atomic mass is 10.1. The normalized spacial score (nSPS) is 15.6. The molecule has 1 fully saturated rings. The van der Waals surface area contributed by atoms with Crippen LogP contribution in [0.1, 0.15) is 22.2 Å². The number of nitrogens with zero attached hydrogens (tertiary/aromatic N) is 2. The fourth-order valence-corrected chi connectivity index (χ4v) is 3.53. The summed E-state index contributed by atoms with van der Waals surface area (Å²) in [6.07, 6.45) is 0. The molecule has 3 rings (SSSR count). The second kappa shape index (κ2) is 7.62. The number of hydrogen-bond acceptors (Lipinski definition) is 4. The van der Waals surface area contributed by atoms with Crippen LogP contribution in [0.15, 0.2) is 41.8 Å². The summed E-state index contributed by atoms with van der Waals surface area (Å²) >= 11 is 1.51. The van der Waals surface area contributed by atoms with Crippen LogP contribution in [0.4, 0.5) is 0 Å². The van der Waals surface area contributed by atoms with Crippen LogP contribution in [-0.4, -0.2) is 48.5 Å². The number of carbonyl (C=O) groups excluding carboxylic acids is 1. The number of ether oxygens (including phenoxy) is 1. The molecule has 2 aromatic rings. The van der Waals surface area contributed by atoms with Gasteiger partial charge in [-0.25, -0.2) is 0 Å². The predicted molar refractivity (Wildman–Crippen MR) is 93.1 cm³/mol. The third-order valence-corrected chi connectivity index (χ3v) is 4.92. The lowest BCUT2D eigenvalue weighted by Crippen LogP contribution is -2.48. The number of thiophene rings is 1. The molecule has 0 N–H and O–H groups in total. The number of carbonyl (C=O) groups is 1. The molecule has 0 spiro atoms. The molecular formula is C18H22N2O2S. The van der Waals surface area contributed by atoms with Crippen LogP contribution < -0.4 is 4.74 Å². The summed E-state index contributed by atoms with van der Waals surface area (Å²) in [5.74, 6) is 1.13. The average Bonchev–Trinajstić information content (AvgIpc) is 3.11. The Balaban J connectivity index is 1.56. The zero-order chi connectivity index (χ0) is 16.1. The van der Waals surface area contributed by atoms with Crippen molar-refractivity contribution in [2.45, 2.75) is 13.5 Å². The van der Waals surface area contributed by atoms with E-state index < -0.39 is 0 Å². The monoisotopic (exact) mass is 330 g/mol. The minimum Gasteiger partial charge on any atom is -0.494 e. The molecule has 0 unspecified atom stereocenters. The maximum Gasteiger partial charge on any atom is 0.264 e. The molecule has 1 amide bonds. The van der Waals surface area contributed by atoms with Gasteiger partial charge in [-0.3, -0.25) is 9.69 Å². The van der Waals surface area contributed by atoms with Crippen molar-refractivity contribution in [3.05, 3.63) is 52.2 Å². The van der Waals surface area contributed by atoms with Gasteiger partial charge in [-0.15, -0.1) is 11.3 Å². The molecule has 1 aromatic carbocycles. The van der Waals surface area contributed by atoms with Gasteiger partial charge in [0, 0.05) is 38.3 Å². The highest BCUT2D eigenvalue weighted by atomic mass is 32.1. The molecule has 1 aliphatic rings. The summed E-state index contributed by atoms with van der Waals surface area (Å²) in [6.45, 7) is 6.93. The molecule has 0 atom stereocenters. The minimum absolute atomic E-state index is 0.161. The van der Waals surface area contributed by atoms with Gasteiger partial charge in [0.25, 0.3) is 5.91 Å². The lowest BCUT2D eigenvalue weighted by Gasteiger charge is -2.34. The van der Waals surface area contributed by atoms with Crippen molar-refractivity contribution in [3.8, 4) is 5.75 Å². The van der Waals surface area contributed by atoms with E-state index in [2.05, 4.69) is 17.0 Å². The van der Waals surface area contributed by atoms with E-state index in [0.717, 1.165) is 43.4 Å². The molecule has 1 saturated heterocycles. The molecule has 0 saturated carbocycles. The minimum atomic E-state index is 0.161. The van der Waals surface area contributed by atoms with E-state index in [4.69, 9.17) is 4.74 Å². The van der Waals surface area contributed by atoms with Crippen LogP contribution >= 0.6 is 11.3 Å². The van der Waals surface area contributed by atoms with Gasteiger partial charge in [-0.1, -0.05) is 24.3 Å². The fraction of sp³-hybridized carbons (Fsp3) is 0.389. The van der Waals surface area contributed by atoms with E-state index in [9.17, 15) is 4.79 Å². The molecule has 2 heterocycles. The highest BCUT2D eigenvalue weighted by Gasteiger charge is 2.23. The van der Waals surface area contributed by atoms with E-state index in [1.807, 2.05) is 41.5 Å². The second-order valence-electron chi connectivity index (χ2n) is 5.59. The first-order chi connectivity index (χ1) is 11.3. The van der Waals surface area contributed by atoms with E-state index >= 15 is 0 Å². The Bertz CT molecular complexity index is 634. The standard InChI is InChI=1S/C18H22N2O2S/c1-2-22-16-7-4-3-6-15(16)14-19-9-11-20(12-10-19)18(21)17-8-5-13-23-17/h3-8,13H,2,9-12,14H2,1H3. The van der Waals surface area contributed by atoms with Crippen LogP contribution in [0.3, 0.4) is 0 Å². The summed E-state index contributed by atoms with van der Waals surface area (Å²) < 4.78 is 5.70. The Morgan fingerprint density at radius 1 is 1.13 bits per heavy atom. The Morgan fingerprint density at radius 2 is 1.91 bits per heavy atom. The first-order valence-corrected chi connectivity index (χ1v) is 8.91. The largest absolute Gasteiger partial charge is 0.494 e. The number of rotatable bonds is 5. The maximum absolute atomic E-state index is 12.4. The topological polar surface area (TPSA) is 32.8 Å². The van der Waals surface area contributed by atoms with Crippen LogP contribution in [0, 0.1) is 0 Å². The number of amides is 1. The first kappa shape index (κ1) is 16.0. The van der Waals surface area contributed by atoms with Crippen LogP contribution in [-0.2, 0) is 6.54 Å². The van der Waals surface area contributed by atoms with E-state index in [1.54, 1.807) is 0 Å². The zero-order valence-corrected chi connectivity index (χ0v) is 14.2. The molecule has 122 valence electrons. The average molecular weight is 330 g/mol. The molecule has 0 bridgehead atoms. The predicted octanol–water partition coefficient (Wildman–Crippen LogP) is 3.10. The highest BCUT2D eigenvalue weighted by Crippen LogP contribution is 2.21. The molecule has 0 aliphatic carbocycles. The van der Waals surface area contributed by atoms with Crippen molar-refractivity contribution in [1.29, 1.82) is 0 Å². The lowest BCUT2D eigenvalue weighted by molar-refractivity contribution is 0.0632. The van der Waals surface area contributed by atoms with Crippen LogP contribution in [0.5, 0.6) is 5.75 Å². The zero-order valence-electron chi connectivity index (χ0n) is 13.4. The van der Waals surface area contributed by atoms with Gasteiger partial charge in [0.1, 0.15) is 5.75 Å². The fourth-order valence-electron chi connectivity index (χ4n) is 2.84. The van der Waals surface area contributed by atoms with Crippen molar-refractivity contribution in [2.75, 3.05) is 32.8 Å². The van der Waals surface area contributed by atoms with Crippen molar-refractivity contribution < 1.29 is 9.53 Å². The van der Waals surface area contributed by atoms with E-state index in [1.165, 1.54) is 16.9 Å². The SMILES string of the molecule is CCOc1ccccc1CN1CCN(C(=O)c2cccs2)CC1. The van der Waals surface area contributed by atoms with Crippen LogP contribution in [0.2, 0.25) is 0 Å². The number of hydrogen-bond donors (Lipinski definition) is 0. The Labute approximate surface area is 141 Å². The van der Waals surface area contributed by atoms with Gasteiger partial charge in [-0.05, 0) is 24.4 Å². The summed E-state index contributed by atoms with van der Waals surface area (Å²) in [4.78, 5) is 17.5. The number of piperazine rings is 1. The third kappa shape index (κ3) is 3.92. The van der Waals surface area contributed by atoms with Gasteiger partial charge in [-0.2, -0.15) is 0 Å². The Morgan fingerprint density at radius 3 is 2.61 bits per heavy atom. The molecule has 23 heavy (non-hydrogen) atoms. The van der Waals surface area contributed by atoms with Gasteiger partial charge < -0.3 is 9.64 Å². The Kier molecular flexibility index (Phi) is 5.31. The van der Waals surface area contributed by atoms with Crippen molar-refractivity contribution in [2.24, 2.45) is 0 Å². The summed E-state index contributed by atoms with van der Waals surface area (Å²) in [7, 11) is 0. The number of para-hydroxylation sites is 1. The summed E-state index contributed by atoms with van der Waals surface area (Å²) in [5.41, 5.74) is 1.22. The van der Waals surface area contributed by atoms with Crippen molar-refractivity contribution in [1.82, 2.24) is 9.80 Å². The molecule has 1 aliphatic heterocycles. The molecule has 5 heteroatoms. The first-order valence-electron chi connectivity index (χ1n) is 8.03. The van der Waals surface area contributed by atoms with Gasteiger partial charge in [0.2, 0.25) is 0 Å². The molecule has 0 radical (unpaired) electrons. The van der Waals surface area contributed by atoms with Crippen molar-refractivity contribution in [3.63, 3.8) is 0 Å². The van der Waals surface area contributed by atoms with Crippen LogP contribution in [0.25, 0.3) is 0 Å². The van der Waals surface area contributed by atoms with Crippen molar-refractivity contribution >= 4 is 17.2 Å². The Hall–Kier alpha value is -1.85. The second-order valence-corrected chi connectivity index (χ2v) is 6.53. The maximum atomic E-state index is 12.4. The highest BCUT2D eigenvalue weighted by molar-refractivity contribution is 7.12.